The van der Waals surface area contributed by atoms with Crippen LogP contribution in [0.1, 0.15) is 57.8 Å². The molecule has 1 fully saturated rings. The molecular formula is C25H23N7O2. The highest BCUT2D eigenvalue weighted by Gasteiger charge is 2.37. The Hall–Kier alpha value is -4.14. The number of methoxy groups -OCH3 is 1. The van der Waals surface area contributed by atoms with Crippen LogP contribution < -0.4 is 4.74 Å². The van der Waals surface area contributed by atoms with E-state index in [-0.39, 0.29) is 5.91 Å². The Bertz CT molecular complexity index is 1560. The number of carbonyl (C=O) groups is 1. The zero-order valence-electron chi connectivity index (χ0n) is 18.7. The summed E-state index contributed by atoms with van der Waals surface area (Å²) in [6.45, 7) is 0.557. The molecule has 1 aliphatic carbocycles. The maximum Gasteiger partial charge on any atom is 0.258 e. The number of aromatic amines is 1. The normalized spacial score (nSPS) is 17.9. The van der Waals surface area contributed by atoms with Gasteiger partial charge in [-0.25, -0.2) is 14.0 Å². The summed E-state index contributed by atoms with van der Waals surface area (Å²) in [7, 11) is 1.64. The molecule has 0 spiro atoms. The predicted molar refractivity (Wildman–Crippen MR) is 124 cm³/mol. The fourth-order valence-corrected chi connectivity index (χ4v) is 5.09. The number of hydrogen-bond donors (Lipinski definition) is 1. The van der Waals surface area contributed by atoms with Crippen molar-refractivity contribution in [3.63, 3.8) is 0 Å². The van der Waals surface area contributed by atoms with Crippen molar-refractivity contribution in [2.45, 2.75) is 31.2 Å². The fourth-order valence-electron chi connectivity index (χ4n) is 5.09. The molecular weight excluding hydrogens is 430 g/mol. The third kappa shape index (κ3) is 2.86. The van der Waals surface area contributed by atoms with Crippen LogP contribution in [-0.4, -0.2) is 53.7 Å². The Morgan fingerprint density at radius 3 is 2.94 bits per heavy atom. The number of nitrogens with zero attached hydrogens (tertiary/aromatic N) is 6. The first kappa shape index (κ1) is 19.3. The van der Waals surface area contributed by atoms with Crippen LogP contribution in [0.25, 0.3) is 11.0 Å². The van der Waals surface area contributed by atoms with E-state index in [1.54, 1.807) is 24.1 Å². The second kappa shape index (κ2) is 7.18. The van der Waals surface area contributed by atoms with Crippen LogP contribution in [0, 0.1) is 0 Å². The maximum absolute atomic E-state index is 13.9. The van der Waals surface area contributed by atoms with Crippen LogP contribution in [0.2, 0.25) is 0 Å². The lowest BCUT2D eigenvalue weighted by molar-refractivity contribution is 0.0689. The minimum Gasteiger partial charge on any atom is -0.494 e. The van der Waals surface area contributed by atoms with Crippen LogP contribution in [0.4, 0.5) is 0 Å². The highest BCUT2D eigenvalue weighted by atomic mass is 16.5. The second-order valence-electron chi connectivity index (χ2n) is 9.02. The Labute approximate surface area is 195 Å². The molecule has 1 N–H and O–H groups in total. The Morgan fingerprint density at radius 1 is 1.18 bits per heavy atom. The molecule has 1 unspecified atom stereocenters. The highest BCUT2D eigenvalue weighted by Crippen LogP contribution is 2.40. The van der Waals surface area contributed by atoms with Crippen LogP contribution in [0.3, 0.4) is 0 Å². The monoisotopic (exact) mass is 453 g/mol. The quantitative estimate of drug-likeness (QED) is 0.450. The van der Waals surface area contributed by atoms with Crippen molar-refractivity contribution in [1.82, 2.24) is 34.1 Å². The number of imidazole rings is 1. The van der Waals surface area contributed by atoms with E-state index in [1.807, 2.05) is 39.9 Å². The number of hydrogen-bond acceptors (Lipinski definition) is 5. The van der Waals surface area contributed by atoms with E-state index in [4.69, 9.17) is 9.84 Å². The Balaban J connectivity index is 1.33. The molecule has 0 radical (unpaired) electrons. The fraction of sp³-hybridized carbons (Fsp3) is 0.280. The summed E-state index contributed by atoms with van der Waals surface area (Å²) < 4.78 is 9.13. The van der Waals surface area contributed by atoms with Gasteiger partial charge in [0, 0.05) is 31.1 Å². The predicted octanol–water partition coefficient (Wildman–Crippen LogP) is 3.38. The van der Waals surface area contributed by atoms with E-state index >= 15 is 0 Å². The molecule has 170 valence electrons. The van der Waals surface area contributed by atoms with Gasteiger partial charge in [0.05, 0.1) is 42.1 Å². The number of rotatable bonds is 4. The number of fused-ring (bicyclic) bond motifs is 3. The van der Waals surface area contributed by atoms with Crippen molar-refractivity contribution in [2.75, 3.05) is 13.7 Å². The number of aromatic nitrogens is 6. The topological polar surface area (TPSA) is 92.8 Å². The molecule has 5 aromatic rings. The molecule has 9 nitrogen and oxygen atoms in total. The molecule has 1 saturated carbocycles. The van der Waals surface area contributed by atoms with Crippen molar-refractivity contribution in [3.05, 3.63) is 83.5 Å². The van der Waals surface area contributed by atoms with Crippen molar-refractivity contribution in [2.24, 2.45) is 0 Å². The summed E-state index contributed by atoms with van der Waals surface area (Å²) in [4.78, 5) is 23.6. The number of carbonyl (C=O) groups excluding carboxylic acids is 1. The van der Waals surface area contributed by atoms with E-state index < -0.39 is 6.04 Å². The van der Waals surface area contributed by atoms with Gasteiger partial charge in [-0.3, -0.25) is 4.79 Å². The van der Waals surface area contributed by atoms with Gasteiger partial charge in [0.25, 0.3) is 5.91 Å². The summed E-state index contributed by atoms with van der Waals surface area (Å²) in [5, 5.41) is 9.31. The number of amides is 1. The van der Waals surface area contributed by atoms with Crippen LogP contribution in [0.15, 0.2) is 55.2 Å². The summed E-state index contributed by atoms with van der Waals surface area (Å²) in [6, 6.07) is 9.50. The smallest absolute Gasteiger partial charge is 0.258 e. The van der Waals surface area contributed by atoms with E-state index in [0.717, 1.165) is 33.9 Å². The number of nitrogens with one attached hydrogen (secondary N) is 1. The van der Waals surface area contributed by atoms with Crippen LogP contribution >= 0.6 is 0 Å². The lowest BCUT2D eigenvalue weighted by Crippen LogP contribution is -2.41. The van der Waals surface area contributed by atoms with Gasteiger partial charge in [0.2, 0.25) is 0 Å². The van der Waals surface area contributed by atoms with E-state index in [9.17, 15) is 4.79 Å². The number of H-pyrrole nitrogens is 1. The maximum atomic E-state index is 13.9. The third-order valence-electron chi connectivity index (χ3n) is 6.99. The van der Waals surface area contributed by atoms with Crippen molar-refractivity contribution >= 4 is 16.9 Å². The molecule has 7 rings (SSSR count). The third-order valence-corrected chi connectivity index (χ3v) is 6.99. The van der Waals surface area contributed by atoms with Gasteiger partial charge in [-0.05, 0) is 48.6 Å². The van der Waals surface area contributed by atoms with Gasteiger partial charge in [0.15, 0.2) is 0 Å². The summed E-state index contributed by atoms with van der Waals surface area (Å²) >= 11 is 0. The number of pyridine rings is 2. The van der Waals surface area contributed by atoms with Crippen molar-refractivity contribution < 1.29 is 9.53 Å². The summed E-state index contributed by atoms with van der Waals surface area (Å²) in [5.41, 5.74) is 6.15. The minimum atomic E-state index is -0.409. The highest BCUT2D eigenvalue weighted by molar-refractivity contribution is 6.01. The average Bonchev–Trinajstić information content (AvgIpc) is 3.27. The van der Waals surface area contributed by atoms with E-state index in [0.29, 0.717) is 24.4 Å². The minimum absolute atomic E-state index is 0.0724. The molecule has 1 amide bonds. The largest absolute Gasteiger partial charge is 0.494 e. The van der Waals surface area contributed by atoms with E-state index in [1.165, 1.54) is 18.4 Å². The summed E-state index contributed by atoms with van der Waals surface area (Å²) in [5.74, 6) is 1.28. The molecule has 6 heterocycles. The zero-order chi connectivity index (χ0) is 22.8. The zero-order valence-corrected chi connectivity index (χ0v) is 18.7. The first-order valence-corrected chi connectivity index (χ1v) is 11.5. The van der Waals surface area contributed by atoms with Gasteiger partial charge in [-0.15, -0.1) is 0 Å². The van der Waals surface area contributed by atoms with Crippen molar-refractivity contribution in [3.8, 4) is 5.75 Å². The Kier molecular flexibility index (Phi) is 4.08. The molecule has 2 aliphatic rings. The van der Waals surface area contributed by atoms with Gasteiger partial charge >= 0.3 is 0 Å². The van der Waals surface area contributed by atoms with Gasteiger partial charge in [0.1, 0.15) is 17.3 Å². The summed E-state index contributed by atoms with van der Waals surface area (Å²) in [6.07, 6.45) is 10.5. The van der Waals surface area contributed by atoms with Gasteiger partial charge in [-0.2, -0.15) is 10.2 Å². The first-order chi connectivity index (χ1) is 16.7. The molecule has 1 atom stereocenters. The SMILES string of the molecule is COc1cccn2nc(C3c4nc[nH]c4CCN3C(=O)c3cnn4cc(C5CC5)ccc34)cc12. The lowest BCUT2D eigenvalue weighted by atomic mass is 9.98. The molecule has 5 aromatic heterocycles. The molecule has 0 bridgehead atoms. The lowest BCUT2D eigenvalue weighted by Gasteiger charge is -2.33. The molecule has 34 heavy (non-hydrogen) atoms. The van der Waals surface area contributed by atoms with Gasteiger partial charge in [-0.1, -0.05) is 6.07 Å². The number of ether oxygens (including phenoxy) is 1. The van der Waals surface area contributed by atoms with E-state index in [2.05, 4.69) is 27.3 Å². The average molecular weight is 454 g/mol. The van der Waals surface area contributed by atoms with Crippen LogP contribution in [-0.2, 0) is 6.42 Å². The van der Waals surface area contributed by atoms with Gasteiger partial charge < -0.3 is 14.6 Å². The van der Waals surface area contributed by atoms with Crippen LogP contribution in [0.5, 0.6) is 5.75 Å². The molecule has 0 aromatic carbocycles. The van der Waals surface area contributed by atoms with Crippen molar-refractivity contribution in [1.29, 1.82) is 0 Å². The molecule has 0 saturated heterocycles. The Morgan fingerprint density at radius 2 is 2.09 bits per heavy atom. The standard InChI is InChI=1S/C25H23N7O2/c1-34-22-3-2-9-31-21(22)11-19(29-31)24-23-18(26-14-27-23)8-10-30(24)25(33)17-12-28-32-13-16(15-4-5-15)6-7-20(17)32/h2-3,6-7,9,11-15,24H,4-5,8,10H2,1H3,(H,26,27). The molecule has 9 heteroatoms. The first-order valence-electron chi connectivity index (χ1n) is 11.5. The molecule has 1 aliphatic heterocycles. The second-order valence-corrected chi connectivity index (χ2v) is 9.02.